The number of aromatic carboxylic acids is 1. The van der Waals surface area contributed by atoms with Crippen LogP contribution in [0.15, 0.2) is 49.2 Å². The van der Waals surface area contributed by atoms with Gasteiger partial charge in [0.15, 0.2) is 11.3 Å². The number of pyridine rings is 1. The van der Waals surface area contributed by atoms with E-state index in [1.807, 2.05) is 6.07 Å². The molecule has 0 fully saturated rings. The Balaban J connectivity index is 1.40. The molecule has 0 amide bonds. The highest BCUT2D eigenvalue weighted by Gasteiger charge is 2.21. The third-order valence-electron chi connectivity index (χ3n) is 5.74. The molecule has 10 nitrogen and oxygen atoms in total. The van der Waals surface area contributed by atoms with Gasteiger partial charge in [0.1, 0.15) is 23.5 Å². The zero-order chi connectivity index (χ0) is 22.5. The molecule has 5 aromatic rings. The largest absolute Gasteiger partial charge is 0.493 e. The zero-order valence-corrected chi connectivity index (χ0v) is 17.1. The first kappa shape index (κ1) is 19.2. The molecular weight excluding hydrogens is 429 g/mol. The summed E-state index contributed by atoms with van der Waals surface area (Å²) in [7, 11) is 0. The molecule has 1 aromatic carbocycles. The Morgan fingerprint density at radius 3 is 2.94 bits per heavy atom. The Bertz CT molecular complexity index is 1560. The number of aromatic nitrogens is 6. The van der Waals surface area contributed by atoms with E-state index in [0.717, 1.165) is 5.56 Å². The van der Waals surface area contributed by atoms with Gasteiger partial charge in [-0.1, -0.05) is 0 Å². The van der Waals surface area contributed by atoms with E-state index in [0.29, 0.717) is 52.7 Å². The minimum absolute atomic E-state index is 0.0528. The number of hydrogen-bond donors (Lipinski definition) is 2. The number of halogens is 1. The average molecular weight is 445 g/mol. The van der Waals surface area contributed by atoms with E-state index in [1.54, 1.807) is 28.9 Å². The van der Waals surface area contributed by atoms with Crippen molar-refractivity contribution in [2.75, 3.05) is 11.9 Å². The first-order valence-corrected chi connectivity index (χ1v) is 10.2. The fourth-order valence-corrected chi connectivity index (χ4v) is 4.19. The number of ether oxygens (including phenoxy) is 1. The summed E-state index contributed by atoms with van der Waals surface area (Å²) in [6.45, 7) is 0.757. The number of hydrogen-bond acceptors (Lipinski definition) is 7. The molecule has 0 saturated carbocycles. The normalized spacial score (nSPS) is 12.8. The van der Waals surface area contributed by atoms with Gasteiger partial charge in [-0.3, -0.25) is 8.80 Å². The standard InChI is InChI=1S/C22H16FN7O3/c23-16-3-4-18-12(5-7-33-18)14(16)8-25-22-26-9-15(20-28-27-11-30(20)22)13-2-1-6-29-17(21(31)32)10-24-19(13)29/h1-4,6,9-11H,5,7-8H2,(H,25,26)(H,31,32). The first-order chi connectivity index (χ1) is 16.1. The van der Waals surface area contributed by atoms with E-state index >= 15 is 0 Å². The van der Waals surface area contributed by atoms with Gasteiger partial charge in [-0.2, -0.15) is 0 Å². The molecule has 0 saturated heterocycles. The number of fused-ring (bicyclic) bond motifs is 3. The van der Waals surface area contributed by atoms with Gasteiger partial charge in [0.05, 0.1) is 12.8 Å². The van der Waals surface area contributed by atoms with Crippen molar-refractivity contribution in [3.05, 3.63) is 71.8 Å². The Labute approximate surface area is 185 Å². The first-order valence-electron chi connectivity index (χ1n) is 10.2. The van der Waals surface area contributed by atoms with Crippen LogP contribution in [0.2, 0.25) is 0 Å². The second-order valence-corrected chi connectivity index (χ2v) is 7.54. The molecule has 0 aliphatic carbocycles. The minimum Gasteiger partial charge on any atom is -0.493 e. The molecule has 0 bridgehead atoms. The summed E-state index contributed by atoms with van der Waals surface area (Å²) in [4.78, 5) is 20.3. The third kappa shape index (κ3) is 2.97. The van der Waals surface area contributed by atoms with Crippen LogP contribution in [0.4, 0.5) is 10.3 Å². The molecule has 0 spiro atoms. The molecular formula is C22H16FN7O3. The molecule has 6 rings (SSSR count). The van der Waals surface area contributed by atoms with Gasteiger partial charge in [0.25, 0.3) is 0 Å². The molecule has 0 atom stereocenters. The number of rotatable bonds is 5. The van der Waals surface area contributed by atoms with Gasteiger partial charge in [-0.25, -0.2) is 19.2 Å². The van der Waals surface area contributed by atoms with Gasteiger partial charge in [0, 0.05) is 47.6 Å². The minimum atomic E-state index is -1.07. The number of benzene rings is 1. The van der Waals surface area contributed by atoms with Crippen molar-refractivity contribution in [3.63, 3.8) is 0 Å². The van der Waals surface area contributed by atoms with Crippen molar-refractivity contribution in [3.8, 4) is 16.9 Å². The quantitative estimate of drug-likeness (QED) is 0.424. The average Bonchev–Trinajstić information content (AvgIpc) is 3.57. The van der Waals surface area contributed by atoms with Crippen molar-refractivity contribution in [2.45, 2.75) is 13.0 Å². The Kier molecular flexibility index (Phi) is 4.22. The van der Waals surface area contributed by atoms with Crippen LogP contribution in [0.5, 0.6) is 5.75 Å². The highest BCUT2D eigenvalue weighted by Crippen LogP contribution is 2.31. The number of imidazole rings is 1. The summed E-state index contributed by atoms with van der Waals surface area (Å²) >= 11 is 0. The lowest BCUT2D eigenvalue weighted by atomic mass is 10.0. The predicted octanol–water partition coefficient (Wildman–Crippen LogP) is 2.82. The van der Waals surface area contributed by atoms with Gasteiger partial charge < -0.3 is 15.2 Å². The number of anilines is 1. The van der Waals surface area contributed by atoms with Crippen LogP contribution >= 0.6 is 0 Å². The molecule has 2 N–H and O–H groups in total. The molecule has 4 aromatic heterocycles. The summed E-state index contributed by atoms with van der Waals surface area (Å²) in [6.07, 6.45) is 6.73. The number of nitrogens with zero attached hydrogens (tertiary/aromatic N) is 6. The molecule has 33 heavy (non-hydrogen) atoms. The van der Waals surface area contributed by atoms with Crippen LogP contribution < -0.4 is 10.1 Å². The van der Waals surface area contributed by atoms with Crippen LogP contribution in [-0.2, 0) is 13.0 Å². The van der Waals surface area contributed by atoms with E-state index in [-0.39, 0.29) is 18.1 Å². The summed E-state index contributed by atoms with van der Waals surface area (Å²) in [6, 6.07) is 6.60. The monoisotopic (exact) mass is 445 g/mol. The number of carbonyl (C=O) groups is 1. The molecule has 1 aliphatic rings. The smallest absolute Gasteiger partial charge is 0.354 e. The number of carboxylic acids is 1. The van der Waals surface area contributed by atoms with E-state index in [2.05, 4.69) is 25.5 Å². The Morgan fingerprint density at radius 1 is 1.15 bits per heavy atom. The molecule has 11 heteroatoms. The van der Waals surface area contributed by atoms with Crippen LogP contribution in [0, 0.1) is 5.82 Å². The van der Waals surface area contributed by atoms with Crippen molar-refractivity contribution in [1.82, 2.24) is 29.0 Å². The topological polar surface area (TPSA) is 119 Å². The highest BCUT2D eigenvalue weighted by molar-refractivity contribution is 5.91. The second-order valence-electron chi connectivity index (χ2n) is 7.54. The van der Waals surface area contributed by atoms with Crippen molar-refractivity contribution in [2.24, 2.45) is 0 Å². The maximum Gasteiger partial charge on any atom is 0.354 e. The van der Waals surface area contributed by atoms with E-state index in [1.165, 1.54) is 23.0 Å². The van der Waals surface area contributed by atoms with Crippen LogP contribution in [0.3, 0.4) is 0 Å². The van der Waals surface area contributed by atoms with Gasteiger partial charge in [0.2, 0.25) is 5.95 Å². The maximum atomic E-state index is 14.5. The van der Waals surface area contributed by atoms with Gasteiger partial charge >= 0.3 is 5.97 Å². The van der Waals surface area contributed by atoms with E-state index in [9.17, 15) is 14.3 Å². The SMILES string of the molecule is O=C(O)c1cnc2c(-c3cnc(NCc4c(F)ccc5c4CCO5)n4cnnc34)cccn12. The van der Waals surface area contributed by atoms with Gasteiger partial charge in [-0.15, -0.1) is 10.2 Å². The summed E-state index contributed by atoms with van der Waals surface area (Å²) in [5, 5.41) is 20.8. The van der Waals surface area contributed by atoms with E-state index in [4.69, 9.17) is 4.74 Å². The fraction of sp³-hybridized carbons (Fsp3) is 0.136. The second kappa shape index (κ2) is 7.26. The lowest BCUT2D eigenvalue weighted by molar-refractivity contribution is 0.0689. The molecule has 0 radical (unpaired) electrons. The van der Waals surface area contributed by atoms with Crippen LogP contribution in [0.25, 0.3) is 22.4 Å². The van der Waals surface area contributed by atoms with Crippen molar-refractivity contribution in [1.29, 1.82) is 0 Å². The summed E-state index contributed by atoms with van der Waals surface area (Å²) in [5.41, 5.74) is 3.71. The van der Waals surface area contributed by atoms with Gasteiger partial charge in [-0.05, 0) is 24.3 Å². The molecule has 0 unspecified atom stereocenters. The molecule has 5 heterocycles. The lowest BCUT2D eigenvalue weighted by Gasteiger charge is -2.13. The fourth-order valence-electron chi connectivity index (χ4n) is 4.19. The number of carboxylic acid groups (broad SMARTS) is 1. The van der Waals surface area contributed by atoms with Crippen molar-refractivity contribution < 1.29 is 19.0 Å². The zero-order valence-electron chi connectivity index (χ0n) is 17.1. The molecule has 1 aliphatic heterocycles. The van der Waals surface area contributed by atoms with Crippen molar-refractivity contribution >= 4 is 23.2 Å². The summed E-state index contributed by atoms with van der Waals surface area (Å²) < 4.78 is 23.2. The third-order valence-corrected chi connectivity index (χ3v) is 5.74. The lowest BCUT2D eigenvalue weighted by Crippen LogP contribution is -2.10. The highest BCUT2D eigenvalue weighted by atomic mass is 19.1. The van der Waals surface area contributed by atoms with Crippen LogP contribution in [0.1, 0.15) is 21.6 Å². The summed E-state index contributed by atoms with van der Waals surface area (Å²) in [5.74, 6) is -0.228. The Hall–Kier alpha value is -4.54. The number of nitrogens with one attached hydrogen (secondary N) is 1. The van der Waals surface area contributed by atoms with E-state index < -0.39 is 5.97 Å². The molecule has 164 valence electrons. The maximum absolute atomic E-state index is 14.5. The predicted molar refractivity (Wildman–Crippen MR) is 115 cm³/mol. The van der Waals surface area contributed by atoms with Crippen LogP contribution in [-0.4, -0.2) is 46.6 Å². The Morgan fingerprint density at radius 2 is 2.06 bits per heavy atom.